The molecule has 0 bridgehead atoms. The molecule has 0 aliphatic carbocycles. The summed E-state index contributed by atoms with van der Waals surface area (Å²) >= 11 is 0. The van der Waals surface area contributed by atoms with Crippen molar-refractivity contribution < 1.29 is 33.8 Å². The van der Waals surface area contributed by atoms with Crippen LogP contribution in [0, 0.1) is 0 Å². The van der Waals surface area contributed by atoms with Crippen molar-refractivity contribution in [2.45, 2.75) is 25.1 Å². The average Bonchev–Trinajstić information content (AvgIpc) is 2.72. The Hall–Kier alpha value is -4.18. The van der Waals surface area contributed by atoms with Crippen LogP contribution in [0.4, 0.5) is 0 Å². The van der Waals surface area contributed by atoms with E-state index < -0.39 is 41.7 Å². The highest BCUT2D eigenvalue weighted by atomic mass is 16.5. The smallest absolute Gasteiger partial charge is 0.345 e. The second-order valence-corrected chi connectivity index (χ2v) is 7.10. The zero-order valence-corrected chi connectivity index (χ0v) is 16.9. The van der Waals surface area contributed by atoms with Gasteiger partial charge >= 0.3 is 17.6 Å². The van der Waals surface area contributed by atoms with Crippen LogP contribution in [0.1, 0.15) is 13.3 Å². The number of rotatable bonds is 8. The Balaban J connectivity index is 1.84. The lowest BCUT2D eigenvalue weighted by atomic mass is 10.0. The van der Waals surface area contributed by atoms with E-state index in [9.17, 15) is 24.3 Å². The maximum absolute atomic E-state index is 12.4. The number of carboxylic acids is 2. The maximum Gasteiger partial charge on any atom is 0.345 e. The molecule has 10 nitrogen and oxygen atoms in total. The first-order chi connectivity index (χ1) is 15.1. The molecule has 1 aromatic heterocycles. The molecule has 3 rings (SSSR count). The van der Waals surface area contributed by atoms with Gasteiger partial charge in [0.15, 0.2) is 11.8 Å². The number of amides is 1. The van der Waals surface area contributed by atoms with Crippen molar-refractivity contribution >= 4 is 28.8 Å². The molecule has 32 heavy (non-hydrogen) atoms. The highest BCUT2D eigenvalue weighted by Crippen LogP contribution is 2.29. The molecule has 0 aliphatic rings. The van der Waals surface area contributed by atoms with Gasteiger partial charge in [0.05, 0.1) is 6.42 Å². The molecule has 1 amide bonds. The van der Waals surface area contributed by atoms with Gasteiger partial charge in [-0.2, -0.15) is 0 Å². The molecule has 0 aliphatic heterocycles. The molecule has 10 heteroatoms. The highest BCUT2D eigenvalue weighted by Gasteiger charge is 2.39. The van der Waals surface area contributed by atoms with Gasteiger partial charge in [-0.05, 0) is 30.2 Å². The first-order valence-electron chi connectivity index (χ1n) is 9.45. The fraction of sp³-hybridized carbons (Fsp3) is 0.182. The summed E-state index contributed by atoms with van der Waals surface area (Å²) in [6, 6.07) is 15.3. The van der Waals surface area contributed by atoms with Gasteiger partial charge in [0, 0.05) is 17.5 Å². The zero-order valence-electron chi connectivity index (χ0n) is 16.9. The Bertz CT molecular complexity index is 1240. The molecule has 2 aromatic carbocycles. The van der Waals surface area contributed by atoms with Crippen molar-refractivity contribution in [2.24, 2.45) is 5.73 Å². The third-order valence-corrected chi connectivity index (χ3v) is 4.64. The summed E-state index contributed by atoms with van der Waals surface area (Å²) in [5.74, 6) is -3.97. The number of hydrogen-bond donors (Lipinski definition) is 4. The van der Waals surface area contributed by atoms with E-state index in [0.29, 0.717) is 10.9 Å². The van der Waals surface area contributed by atoms with Crippen molar-refractivity contribution in [3.8, 4) is 16.9 Å². The number of ether oxygens (including phenoxy) is 1. The predicted octanol–water partition coefficient (Wildman–Crippen LogP) is 1.56. The summed E-state index contributed by atoms with van der Waals surface area (Å²) in [4.78, 5) is 46.6. The second kappa shape index (κ2) is 8.90. The van der Waals surface area contributed by atoms with Crippen LogP contribution in [0.5, 0.6) is 5.75 Å². The van der Waals surface area contributed by atoms with Gasteiger partial charge in [-0.15, -0.1) is 0 Å². The van der Waals surface area contributed by atoms with Crippen molar-refractivity contribution in [3.05, 3.63) is 65.0 Å². The summed E-state index contributed by atoms with van der Waals surface area (Å²) in [5, 5.41) is 20.7. The molecule has 0 saturated heterocycles. The lowest BCUT2D eigenvalue weighted by Gasteiger charge is -2.26. The van der Waals surface area contributed by atoms with Crippen LogP contribution < -0.4 is 21.4 Å². The van der Waals surface area contributed by atoms with E-state index in [1.165, 1.54) is 19.1 Å². The number of carboxylic acid groups (broad SMARTS) is 2. The molecule has 166 valence electrons. The van der Waals surface area contributed by atoms with Gasteiger partial charge in [-0.1, -0.05) is 30.3 Å². The van der Waals surface area contributed by atoms with Crippen molar-refractivity contribution in [3.63, 3.8) is 0 Å². The molecule has 5 N–H and O–H groups in total. The van der Waals surface area contributed by atoms with E-state index in [1.807, 2.05) is 35.6 Å². The van der Waals surface area contributed by atoms with Crippen LogP contribution in [0.2, 0.25) is 0 Å². The van der Waals surface area contributed by atoms with Crippen LogP contribution in [0.3, 0.4) is 0 Å². The molecular weight excluding hydrogens is 420 g/mol. The molecule has 0 fully saturated rings. The summed E-state index contributed by atoms with van der Waals surface area (Å²) in [7, 11) is 0. The SMILES string of the molecule is CC(Oc1ccc2c(-c3ccccc3)cc(=O)oc2c1)C(=O)NC(N)(CC(=O)O)C(=O)O. The number of hydrogen-bond acceptors (Lipinski definition) is 7. The van der Waals surface area contributed by atoms with Crippen molar-refractivity contribution in [1.29, 1.82) is 0 Å². The van der Waals surface area contributed by atoms with Gasteiger partial charge in [0.1, 0.15) is 11.3 Å². The van der Waals surface area contributed by atoms with Crippen molar-refractivity contribution in [1.82, 2.24) is 5.32 Å². The van der Waals surface area contributed by atoms with Crippen molar-refractivity contribution in [2.75, 3.05) is 0 Å². The summed E-state index contributed by atoms with van der Waals surface area (Å²) in [5.41, 5.74) is 4.16. The molecule has 0 saturated carbocycles. The first-order valence-corrected chi connectivity index (χ1v) is 9.45. The van der Waals surface area contributed by atoms with Crippen LogP contribution in [-0.2, 0) is 14.4 Å². The Morgan fingerprint density at radius 2 is 1.81 bits per heavy atom. The highest BCUT2D eigenvalue weighted by molar-refractivity contribution is 5.94. The number of nitrogens with one attached hydrogen (secondary N) is 1. The largest absolute Gasteiger partial charge is 0.481 e. The predicted molar refractivity (Wildman–Crippen MR) is 113 cm³/mol. The lowest BCUT2D eigenvalue weighted by molar-refractivity contribution is -0.153. The number of fused-ring (bicyclic) bond motifs is 1. The normalized spacial score (nSPS) is 13.7. The monoisotopic (exact) mass is 440 g/mol. The van der Waals surface area contributed by atoms with Gasteiger partial charge in [0.2, 0.25) is 0 Å². The molecule has 2 atom stereocenters. The molecule has 0 radical (unpaired) electrons. The lowest BCUT2D eigenvalue weighted by Crippen LogP contribution is -2.64. The van der Waals surface area contributed by atoms with Gasteiger partial charge in [-0.3, -0.25) is 15.3 Å². The Labute approximate surface area is 181 Å². The fourth-order valence-corrected chi connectivity index (χ4v) is 3.06. The molecule has 3 aromatic rings. The Kier molecular flexibility index (Phi) is 6.26. The van der Waals surface area contributed by atoms with Crippen LogP contribution in [-0.4, -0.2) is 39.8 Å². The average molecular weight is 440 g/mol. The summed E-state index contributed by atoms with van der Waals surface area (Å²) in [6.45, 7) is 1.33. The van der Waals surface area contributed by atoms with Gasteiger partial charge in [0.25, 0.3) is 5.91 Å². The first kappa shape index (κ1) is 22.5. The fourth-order valence-electron chi connectivity index (χ4n) is 3.06. The number of benzene rings is 2. The molecule has 0 spiro atoms. The molecule has 1 heterocycles. The van der Waals surface area contributed by atoms with E-state index >= 15 is 0 Å². The van der Waals surface area contributed by atoms with E-state index in [4.69, 9.17) is 20.0 Å². The maximum atomic E-state index is 12.4. The zero-order chi connectivity index (χ0) is 23.5. The van der Waals surface area contributed by atoms with Gasteiger partial charge in [-0.25, -0.2) is 9.59 Å². The summed E-state index contributed by atoms with van der Waals surface area (Å²) in [6.07, 6.45) is -2.25. The minimum absolute atomic E-state index is 0.171. The van der Waals surface area contributed by atoms with E-state index in [1.54, 1.807) is 12.1 Å². The number of aliphatic carboxylic acids is 2. The van der Waals surface area contributed by atoms with E-state index in [2.05, 4.69) is 0 Å². The Morgan fingerprint density at radius 1 is 1.12 bits per heavy atom. The van der Waals surface area contributed by atoms with Crippen LogP contribution >= 0.6 is 0 Å². The Morgan fingerprint density at radius 3 is 2.44 bits per heavy atom. The number of carbonyl (C=O) groups excluding carboxylic acids is 1. The third-order valence-electron chi connectivity index (χ3n) is 4.64. The topological polar surface area (TPSA) is 169 Å². The van der Waals surface area contributed by atoms with Crippen LogP contribution in [0.15, 0.2) is 63.8 Å². The summed E-state index contributed by atoms with van der Waals surface area (Å²) < 4.78 is 10.8. The molecular formula is C22H20N2O8. The quantitative estimate of drug-likeness (QED) is 0.300. The van der Waals surface area contributed by atoms with E-state index in [0.717, 1.165) is 5.56 Å². The standard InChI is InChI=1S/C22H20N2O8/c1-12(20(28)24-22(23,21(29)30)11-18(25)26)31-14-7-8-15-16(13-5-3-2-4-6-13)10-19(27)32-17(15)9-14/h2-10,12H,11,23H2,1H3,(H,24,28)(H,25,26)(H,29,30). The molecule has 2 unspecified atom stereocenters. The van der Waals surface area contributed by atoms with E-state index in [-0.39, 0.29) is 11.3 Å². The second-order valence-electron chi connectivity index (χ2n) is 7.10. The minimum atomic E-state index is -2.50. The minimum Gasteiger partial charge on any atom is -0.481 e. The number of carbonyl (C=O) groups is 3. The number of nitrogens with two attached hydrogens (primary N) is 1. The van der Waals surface area contributed by atoms with Gasteiger partial charge < -0.3 is 24.7 Å². The van der Waals surface area contributed by atoms with Crippen LogP contribution in [0.25, 0.3) is 22.1 Å². The third kappa shape index (κ3) is 4.93.